The maximum Gasteiger partial charge on any atom is 0.328 e. The number of aliphatic hydroxyl groups is 1. The van der Waals surface area contributed by atoms with Crippen molar-refractivity contribution in [3.05, 3.63) is 0 Å². The first-order valence-corrected chi connectivity index (χ1v) is 10.0. The standard InChI is InChI=1S/C18H30N6O10/c1-7(25)14(18(33)34)24-16(31)9(3-5-13(28)29)22-17(32)10(6-12(21)27)23-15(30)8(19)2-4-11(20)26/h7-10,14,25H,2-6,19H2,1H3,(H2,20,26)(H2,21,27)(H,22,32)(H,23,30)(H,24,31)(H,28,29)(H,33,34). The monoisotopic (exact) mass is 490 g/mol. The van der Waals surface area contributed by atoms with E-state index in [0.717, 1.165) is 6.92 Å². The average Bonchev–Trinajstić information content (AvgIpc) is 2.70. The number of amides is 5. The maximum absolute atomic E-state index is 12.7. The molecule has 0 aromatic rings. The summed E-state index contributed by atoms with van der Waals surface area (Å²) >= 11 is 0. The van der Waals surface area contributed by atoms with E-state index in [1.807, 2.05) is 5.32 Å². The minimum Gasteiger partial charge on any atom is -0.481 e. The van der Waals surface area contributed by atoms with Crippen molar-refractivity contribution < 1.29 is 48.9 Å². The van der Waals surface area contributed by atoms with Gasteiger partial charge in [-0.3, -0.25) is 28.8 Å². The molecular formula is C18H30N6O10. The van der Waals surface area contributed by atoms with E-state index in [4.69, 9.17) is 27.4 Å². The normalized spacial score (nSPS) is 15.0. The first kappa shape index (κ1) is 30.2. The predicted molar refractivity (Wildman–Crippen MR) is 112 cm³/mol. The van der Waals surface area contributed by atoms with Crippen LogP contribution in [0.2, 0.25) is 0 Å². The Morgan fingerprint density at radius 3 is 1.74 bits per heavy atom. The van der Waals surface area contributed by atoms with Gasteiger partial charge in [0, 0.05) is 12.8 Å². The third-order valence-corrected chi connectivity index (χ3v) is 4.40. The van der Waals surface area contributed by atoms with Gasteiger partial charge in [-0.1, -0.05) is 0 Å². The Hall–Kier alpha value is -3.79. The number of aliphatic carboxylic acids is 2. The number of primary amides is 2. The lowest BCUT2D eigenvalue weighted by atomic mass is 10.1. The molecular weight excluding hydrogens is 460 g/mol. The molecule has 16 nitrogen and oxygen atoms in total. The smallest absolute Gasteiger partial charge is 0.328 e. The fourth-order valence-electron chi connectivity index (χ4n) is 2.57. The van der Waals surface area contributed by atoms with Gasteiger partial charge in [-0.2, -0.15) is 0 Å². The van der Waals surface area contributed by atoms with Crippen molar-refractivity contribution in [2.75, 3.05) is 0 Å². The molecule has 5 amide bonds. The summed E-state index contributed by atoms with van der Waals surface area (Å²) in [5.41, 5.74) is 15.7. The molecule has 192 valence electrons. The number of carbonyl (C=O) groups is 7. The van der Waals surface area contributed by atoms with Gasteiger partial charge in [0.1, 0.15) is 12.1 Å². The second-order valence-corrected chi connectivity index (χ2v) is 7.40. The van der Waals surface area contributed by atoms with E-state index in [9.17, 15) is 38.7 Å². The fourth-order valence-corrected chi connectivity index (χ4v) is 2.57. The molecule has 0 aliphatic carbocycles. The predicted octanol–water partition coefficient (Wildman–Crippen LogP) is -4.76. The van der Waals surface area contributed by atoms with Crippen LogP contribution in [-0.4, -0.2) is 87.1 Å². The van der Waals surface area contributed by atoms with Gasteiger partial charge in [0.15, 0.2) is 6.04 Å². The van der Waals surface area contributed by atoms with Crippen molar-refractivity contribution in [3.8, 4) is 0 Å². The lowest BCUT2D eigenvalue weighted by Crippen LogP contribution is -2.58. The van der Waals surface area contributed by atoms with Crippen LogP contribution in [0.15, 0.2) is 0 Å². The van der Waals surface area contributed by atoms with Crippen molar-refractivity contribution >= 4 is 41.5 Å². The number of hydrogen-bond donors (Lipinski definition) is 9. The summed E-state index contributed by atoms with van der Waals surface area (Å²) in [6, 6.07) is -6.28. The Morgan fingerprint density at radius 1 is 0.765 bits per heavy atom. The van der Waals surface area contributed by atoms with Gasteiger partial charge < -0.3 is 48.5 Å². The van der Waals surface area contributed by atoms with Crippen LogP contribution >= 0.6 is 0 Å². The van der Waals surface area contributed by atoms with E-state index < -0.39 is 91.0 Å². The molecule has 34 heavy (non-hydrogen) atoms. The van der Waals surface area contributed by atoms with Crippen molar-refractivity contribution in [2.45, 2.75) is 69.3 Å². The molecule has 0 heterocycles. The summed E-state index contributed by atoms with van der Waals surface area (Å²) in [6.45, 7) is 1.09. The van der Waals surface area contributed by atoms with Crippen LogP contribution in [0.1, 0.15) is 39.0 Å². The van der Waals surface area contributed by atoms with Gasteiger partial charge >= 0.3 is 11.9 Å². The van der Waals surface area contributed by atoms with E-state index in [2.05, 4.69) is 10.6 Å². The zero-order valence-electron chi connectivity index (χ0n) is 18.4. The van der Waals surface area contributed by atoms with Gasteiger partial charge in [-0.15, -0.1) is 0 Å². The second kappa shape index (κ2) is 14.4. The number of carbonyl (C=O) groups excluding carboxylic acids is 5. The molecule has 0 saturated heterocycles. The summed E-state index contributed by atoms with van der Waals surface area (Å²) in [6.07, 6.45) is -3.75. The van der Waals surface area contributed by atoms with Crippen LogP contribution < -0.4 is 33.2 Å². The van der Waals surface area contributed by atoms with Gasteiger partial charge in [0.2, 0.25) is 29.5 Å². The number of rotatable bonds is 16. The number of carboxylic acid groups (broad SMARTS) is 2. The Morgan fingerprint density at radius 2 is 1.29 bits per heavy atom. The topological polar surface area (TPSA) is 294 Å². The molecule has 0 aromatic heterocycles. The van der Waals surface area contributed by atoms with Crippen LogP contribution in [-0.2, 0) is 33.6 Å². The van der Waals surface area contributed by atoms with E-state index in [1.54, 1.807) is 0 Å². The zero-order chi connectivity index (χ0) is 26.6. The highest BCUT2D eigenvalue weighted by Crippen LogP contribution is 2.04. The molecule has 0 saturated carbocycles. The largest absolute Gasteiger partial charge is 0.481 e. The maximum atomic E-state index is 12.7. The molecule has 0 fully saturated rings. The van der Waals surface area contributed by atoms with Crippen LogP contribution in [0, 0.1) is 0 Å². The number of nitrogens with two attached hydrogens (primary N) is 3. The van der Waals surface area contributed by atoms with Gasteiger partial charge in [0.25, 0.3) is 0 Å². The lowest BCUT2D eigenvalue weighted by molar-refractivity contribution is -0.145. The highest BCUT2D eigenvalue weighted by atomic mass is 16.4. The second-order valence-electron chi connectivity index (χ2n) is 7.40. The SMILES string of the molecule is CC(O)C(NC(=O)C(CCC(=O)O)NC(=O)C(CC(N)=O)NC(=O)C(N)CCC(N)=O)C(=O)O. The van der Waals surface area contributed by atoms with Gasteiger partial charge in [0.05, 0.1) is 18.6 Å². The minimum absolute atomic E-state index is 0.161. The first-order valence-electron chi connectivity index (χ1n) is 10.0. The zero-order valence-corrected chi connectivity index (χ0v) is 18.4. The van der Waals surface area contributed by atoms with Crippen LogP contribution in [0.5, 0.6) is 0 Å². The van der Waals surface area contributed by atoms with Crippen LogP contribution in [0.3, 0.4) is 0 Å². The summed E-state index contributed by atoms with van der Waals surface area (Å²) in [5, 5.41) is 33.7. The molecule has 0 aromatic carbocycles. The fraction of sp³-hybridized carbons (Fsp3) is 0.611. The Kier molecular flexibility index (Phi) is 12.8. The molecule has 0 spiro atoms. The molecule has 0 radical (unpaired) electrons. The summed E-state index contributed by atoms with van der Waals surface area (Å²) < 4.78 is 0. The van der Waals surface area contributed by atoms with Gasteiger partial charge in [-0.05, 0) is 19.8 Å². The van der Waals surface area contributed by atoms with E-state index in [1.165, 1.54) is 0 Å². The molecule has 0 aliphatic rings. The van der Waals surface area contributed by atoms with Gasteiger partial charge in [-0.25, -0.2) is 4.79 Å². The number of carboxylic acids is 2. The summed E-state index contributed by atoms with van der Waals surface area (Å²) in [4.78, 5) is 81.7. The van der Waals surface area contributed by atoms with Crippen molar-refractivity contribution in [1.29, 1.82) is 0 Å². The Labute approximate surface area is 193 Å². The number of nitrogens with one attached hydrogen (secondary N) is 3. The van der Waals surface area contributed by atoms with Crippen molar-refractivity contribution in [3.63, 3.8) is 0 Å². The molecule has 5 unspecified atom stereocenters. The Bertz CT molecular complexity index is 802. The van der Waals surface area contributed by atoms with E-state index >= 15 is 0 Å². The summed E-state index contributed by atoms with van der Waals surface area (Å²) in [7, 11) is 0. The molecule has 0 aliphatic heterocycles. The number of hydrogen-bond acceptors (Lipinski definition) is 9. The van der Waals surface area contributed by atoms with Crippen molar-refractivity contribution in [1.82, 2.24) is 16.0 Å². The lowest BCUT2D eigenvalue weighted by Gasteiger charge is -2.25. The minimum atomic E-state index is -1.76. The highest BCUT2D eigenvalue weighted by Gasteiger charge is 2.32. The summed E-state index contributed by atoms with van der Waals surface area (Å²) in [5.74, 6) is -7.85. The molecule has 5 atom stereocenters. The van der Waals surface area contributed by atoms with Crippen LogP contribution in [0.25, 0.3) is 0 Å². The highest BCUT2D eigenvalue weighted by molar-refractivity contribution is 5.96. The molecule has 0 bridgehead atoms. The molecule has 12 N–H and O–H groups in total. The number of aliphatic hydroxyl groups excluding tert-OH is 1. The van der Waals surface area contributed by atoms with E-state index in [-0.39, 0.29) is 12.8 Å². The van der Waals surface area contributed by atoms with Crippen LogP contribution in [0.4, 0.5) is 0 Å². The molecule has 16 heteroatoms. The quantitative estimate of drug-likeness (QED) is 0.0988. The third-order valence-electron chi connectivity index (χ3n) is 4.40. The average molecular weight is 490 g/mol. The Balaban J connectivity index is 5.56. The van der Waals surface area contributed by atoms with Crippen molar-refractivity contribution in [2.24, 2.45) is 17.2 Å². The first-order chi connectivity index (χ1) is 15.6. The third kappa shape index (κ3) is 11.7. The van der Waals surface area contributed by atoms with E-state index in [0.29, 0.717) is 0 Å². The molecule has 0 rings (SSSR count).